The summed E-state index contributed by atoms with van der Waals surface area (Å²) in [7, 11) is 1.65. The maximum absolute atomic E-state index is 13.6. The number of amides is 1. The SMILES string of the molecule is COCCCNC(=O)C1CN(c2nc3c(F)cccc3s2)C1. The molecule has 2 aromatic rings. The van der Waals surface area contributed by atoms with Gasteiger partial charge in [-0.1, -0.05) is 17.4 Å². The zero-order chi connectivity index (χ0) is 15.5. The monoisotopic (exact) mass is 323 g/mol. The minimum Gasteiger partial charge on any atom is -0.385 e. The zero-order valence-electron chi connectivity index (χ0n) is 12.3. The highest BCUT2D eigenvalue weighted by Gasteiger charge is 2.34. The summed E-state index contributed by atoms with van der Waals surface area (Å²) in [5.74, 6) is -0.244. The highest BCUT2D eigenvalue weighted by atomic mass is 32.1. The number of carbonyl (C=O) groups is 1. The Hall–Kier alpha value is -1.73. The van der Waals surface area contributed by atoms with E-state index < -0.39 is 0 Å². The van der Waals surface area contributed by atoms with E-state index in [0.717, 1.165) is 16.3 Å². The Balaban J connectivity index is 1.54. The molecule has 5 nitrogen and oxygen atoms in total. The lowest BCUT2D eigenvalue weighted by Gasteiger charge is -2.37. The number of hydrogen-bond acceptors (Lipinski definition) is 5. The molecule has 2 heterocycles. The lowest BCUT2D eigenvalue weighted by atomic mass is 10.00. The van der Waals surface area contributed by atoms with Crippen LogP contribution in [-0.2, 0) is 9.53 Å². The van der Waals surface area contributed by atoms with E-state index in [1.165, 1.54) is 17.4 Å². The Kier molecular flexibility index (Phi) is 4.54. The summed E-state index contributed by atoms with van der Waals surface area (Å²) in [6.07, 6.45) is 0.815. The van der Waals surface area contributed by atoms with E-state index in [1.807, 2.05) is 11.0 Å². The fourth-order valence-corrected chi connectivity index (χ4v) is 3.41. The van der Waals surface area contributed by atoms with Gasteiger partial charge in [0.15, 0.2) is 5.13 Å². The molecule has 7 heteroatoms. The maximum atomic E-state index is 13.6. The van der Waals surface area contributed by atoms with Gasteiger partial charge >= 0.3 is 0 Å². The molecule has 22 heavy (non-hydrogen) atoms. The van der Waals surface area contributed by atoms with Crippen LogP contribution < -0.4 is 10.2 Å². The summed E-state index contributed by atoms with van der Waals surface area (Å²) in [4.78, 5) is 18.3. The number of thiazole rings is 1. The Bertz CT molecular complexity index is 670. The summed E-state index contributed by atoms with van der Waals surface area (Å²) in [6.45, 7) is 2.55. The fraction of sp³-hybridized carbons (Fsp3) is 0.467. The van der Waals surface area contributed by atoms with Crippen molar-refractivity contribution in [2.45, 2.75) is 6.42 Å². The molecule has 0 radical (unpaired) electrons. The van der Waals surface area contributed by atoms with Crippen LogP contribution in [0.4, 0.5) is 9.52 Å². The van der Waals surface area contributed by atoms with Crippen LogP contribution >= 0.6 is 11.3 Å². The second-order valence-electron chi connectivity index (χ2n) is 5.32. The number of fused-ring (bicyclic) bond motifs is 1. The number of para-hydroxylation sites is 1. The molecule has 0 aliphatic carbocycles. The highest BCUT2D eigenvalue weighted by molar-refractivity contribution is 7.22. The quantitative estimate of drug-likeness (QED) is 0.827. The number of anilines is 1. The van der Waals surface area contributed by atoms with Crippen molar-refractivity contribution >= 4 is 32.6 Å². The van der Waals surface area contributed by atoms with E-state index in [2.05, 4.69) is 10.3 Å². The molecule has 1 saturated heterocycles. The summed E-state index contributed by atoms with van der Waals surface area (Å²) in [6, 6.07) is 4.96. The first kappa shape index (κ1) is 15.2. The van der Waals surface area contributed by atoms with E-state index in [1.54, 1.807) is 13.2 Å². The van der Waals surface area contributed by atoms with Crippen molar-refractivity contribution in [1.82, 2.24) is 10.3 Å². The molecule has 0 atom stereocenters. The van der Waals surface area contributed by atoms with E-state index in [0.29, 0.717) is 31.8 Å². The molecule has 0 spiro atoms. The number of carbonyl (C=O) groups excluding carboxylic acids is 1. The zero-order valence-corrected chi connectivity index (χ0v) is 13.2. The number of methoxy groups -OCH3 is 1. The molecular weight excluding hydrogens is 305 g/mol. The molecular formula is C15H18FN3O2S. The van der Waals surface area contributed by atoms with Gasteiger partial charge in [0, 0.05) is 33.4 Å². The molecule has 0 saturated carbocycles. The predicted molar refractivity (Wildman–Crippen MR) is 84.8 cm³/mol. The molecule has 1 aliphatic rings. The van der Waals surface area contributed by atoms with Crippen molar-refractivity contribution in [3.63, 3.8) is 0 Å². The van der Waals surface area contributed by atoms with Gasteiger partial charge in [0.1, 0.15) is 11.3 Å². The fourth-order valence-electron chi connectivity index (χ4n) is 2.41. The molecule has 1 N–H and O–H groups in total. The van der Waals surface area contributed by atoms with Crippen LogP contribution in [0.3, 0.4) is 0 Å². The summed E-state index contributed by atoms with van der Waals surface area (Å²) >= 11 is 1.46. The molecule has 1 aromatic carbocycles. The number of ether oxygens (including phenoxy) is 1. The Morgan fingerprint density at radius 1 is 1.55 bits per heavy atom. The normalized spacial score (nSPS) is 15.1. The molecule has 118 valence electrons. The van der Waals surface area contributed by atoms with Gasteiger partial charge in [-0.25, -0.2) is 9.37 Å². The lowest BCUT2D eigenvalue weighted by Crippen LogP contribution is -2.53. The van der Waals surface area contributed by atoms with Gasteiger partial charge in [0.25, 0.3) is 0 Å². The van der Waals surface area contributed by atoms with E-state index in [-0.39, 0.29) is 17.6 Å². The first-order valence-electron chi connectivity index (χ1n) is 7.25. The van der Waals surface area contributed by atoms with Gasteiger partial charge < -0.3 is 15.0 Å². The smallest absolute Gasteiger partial charge is 0.226 e. The van der Waals surface area contributed by atoms with Crippen molar-refractivity contribution in [2.24, 2.45) is 5.92 Å². The van der Waals surface area contributed by atoms with Crippen molar-refractivity contribution in [3.8, 4) is 0 Å². The first-order chi connectivity index (χ1) is 10.7. The van der Waals surface area contributed by atoms with Crippen molar-refractivity contribution < 1.29 is 13.9 Å². The predicted octanol–water partition coefficient (Wildman–Crippen LogP) is 2.02. The molecule has 0 bridgehead atoms. The van der Waals surface area contributed by atoms with E-state index >= 15 is 0 Å². The second-order valence-corrected chi connectivity index (χ2v) is 6.33. The minimum absolute atomic E-state index is 0.0144. The topological polar surface area (TPSA) is 54.5 Å². The number of nitrogens with zero attached hydrogens (tertiary/aromatic N) is 2. The van der Waals surface area contributed by atoms with Crippen molar-refractivity contribution in [2.75, 3.05) is 38.3 Å². The number of aromatic nitrogens is 1. The third-order valence-electron chi connectivity index (χ3n) is 3.71. The van der Waals surface area contributed by atoms with Crippen molar-refractivity contribution in [3.05, 3.63) is 24.0 Å². The molecule has 1 amide bonds. The number of hydrogen-bond donors (Lipinski definition) is 1. The Labute approximate surface area is 132 Å². The summed E-state index contributed by atoms with van der Waals surface area (Å²) in [5.41, 5.74) is 0.412. The molecule has 1 aliphatic heterocycles. The van der Waals surface area contributed by atoms with Crippen LogP contribution in [0.1, 0.15) is 6.42 Å². The largest absolute Gasteiger partial charge is 0.385 e. The van der Waals surface area contributed by atoms with Crippen LogP contribution in [0.15, 0.2) is 18.2 Å². The lowest BCUT2D eigenvalue weighted by molar-refractivity contribution is -0.125. The minimum atomic E-state index is -0.298. The standard InChI is InChI=1S/C15H18FN3O2S/c1-21-7-3-6-17-14(20)10-8-19(9-10)15-18-13-11(16)4-2-5-12(13)22-15/h2,4-5,10H,3,6-9H2,1H3,(H,17,20). The number of halogens is 1. The third-order valence-corrected chi connectivity index (χ3v) is 4.79. The summed E-state index contributed by atoms with van der Waals surface area (Å²) < 4.78 is 19.4. The van der Waals surface area contributed by atoms with Gasteiger partial charge in [0.05, 0.1) is 10.6 Å². The van der Waals surface area contributed by atoms with Gasteiger partial charge in [-0.2, -0.15) is 0 Å². The number of nitrogens with one attached hydrogen (secondary N) is 1. The summed E-state index contributed by atoms with van der Waals surface area (Å²) in [5, 5.41) is 3.69. The van der Waals surface area contributed by atoms with Gasteiger partial charge in [-0.05, 0) is 18.6 Å². The Morgan fingerprint density at radius 3 is 3.09 bits per heavy atom. The van der Waals surface area contributed by atoms with Crippen molar-refractivity contribution in [1.29, 1.82) is 0 Å². The van der Waals surface area contributed by atoms with Gasteiger partial charge in [-0.15, -0.1) is 0 Å². The number of rotatable bonds is 6. The first-order valence-corrected chi connectivity index (χ1v) is 8.07. The van der Waals surface area contributed by atoms with Crippen LogP contribution in [0.5, 0.6) is 0 Å². The Morgan fingerprint density at radius 2 is 2.36 bits per heavy atom. The average molecular weight is 323 g/mol. The van der Waals surface area contributed by atoms with Crippen LogP contribution in [0.25, 0.3) is 10.2 Å². The maximum Gasteiger partial charge on any atom is 0.226 e. The highest BCUT2D eigenvalue weighted by Crippen LogP contribution is 2.33. The van der Waals surface area contributed by atoms with Crippen LogP contribution in [-0.4, -0.2) is 44.2 Å². The molecule has 1 aromatic heterocycles. The second kappa shape index (κ2) is 6.58. The van der Waals surface area contributed by atoms with E-state index in [4.69, 9.17) is 4.74 Å². The molecule has 3 rings (SSSR count). The number of benzene rings is 1. The molecule has 0 unspecified atom stereocenters. The van der Waals surface area contributed by atoms with E-state index in [9.17, 15) is 9.18 Å². The third kappa shape index (κ3) is 3.05. The average Bonchev–Trinajstić information content (AvgIpc) is 2.87. The van der Waals surface area contributed by atoms with Crippen LogP contribution in [0.2, 0.25) is 0 Å². The molecule has 1 fully saturated rings. The van der Waals surface area contributed by atoms with Gasteiger partial charge in [0.2, 0.25) is 5.91 Å². The van der Waals surface area contributed by atoms with Crippen LogP contribution in [0, 0.1) is 11.7 Å². The van der Waals surface area contributed by atoms with Gasteiger partial charge in [-0.3, -0.25) is 4.79 Å².